The van der Waals surface area contributed by atoms with Crippen LogP contribution in [0.4, 0.5) is 0 Å². The maximum Gasteiger partial charge on any atom is 0.167 e. The first kappa shape index (κ1) is 15.8. The summed E-state index contributed by atoms with van der Waals surface area (Å²) in [7, 11) is 0. The second-order valence-electron chi connectivity index (χ2n) is 6.85. The first-order valence-electron chi connectivity index (χ1n) is 8.75. The Morgan fingerprint density at radius 2 is 2.17 bits per heavy atom. The van der Waals surface area contributed by atoms with E-state index in [-0.39, 0.29) is 11.7 Å². The Labute approximate surface area is 142 Å². The molecule has 128 valence electrons. The Morgan fingerprint density at radius 1 is 1.29 bits per heavy atom. The van der Waals surface area contributed by atoms with Gasteiger partial charge in [0.1, 0.15) is 5.60 Å². The zero-order valence-electron chi connectivity index (χ0n) is 14.1. The van der Waals surface area contributed by atoms with Crippen LogP contribution in [0.3, 0.4) is 0 Å². The second-order valence-corrected chi connectivity index (χ2v) is 6.85. The molecule has 2 atom stereocenters. The lowest BCUT2D eigenvalue weighted by molar-refractivity contribution is -0.156. The third-order valence-electron chi connectivity index (χ3n) is 4.92. The van der Waals surface area contributed by atoms with E-state index in [4.69, 9.17) is 14.0 Å². The molecule has 2 saturated heterocycles. The SMILES string of the molecule is CCC1CN(Cc2cc(-c3ccccc3)on2)CC2(CCOC2)O1. The van der Waals surface area contributed by atoms with Gasteiger partial charge in [0.05, 0.1) is 18.4 Å². The first-order valence-corrected chi connectivity index (χ1v) is 8.75. The van der Waals surface area contributed by atoms with Crippen molar-refractivity contribution in [2.45, 2.75) is 38.0 Å². The number of aromatic nitrogens is 1. The van der Waals surface area contributed by atoms with E-state index < -0.39 is 0 Å². The van der Waals surface area contributed by atoms with Gasteiger partial charge in [-0.05, 0) is 6.42 Å². The van der Waals surface area contributed by atoms with E-state index in [9.17, 15) is 0 Å². The Morgan fingerprint density at radius 3 is 2.92 bits per heavy atom. The molecule has 1 aromatic heterocycles. The van der Waals surface area contributed by atoms with Crippen LogP contribution >= 0.6 is 0 Å². The molecule has 1 spiro atoms. The van der Waals surface area contributed by atoms with Crippen molar-refractivity contribution in [3.8, 4) is 11.3 Å². The van der Waals surface area contributed by atoms with Gasteiger partial charge in [-0.1, -0.05) is 42.4 Å². The van der Waals surface area contributed by atoms with Crippen LogP contribution in [0.2, 0.25) is 0 Å². The maximum atomic E-state index is 6.32. The summed E-state index contributed by atoms with van der Waals surface area (Å²) < 4.78 is 17.5. The van der Waals surface area contributed by atoms with Crippen molar-refractivity contribution in [2.75, 3.05) is 26.3 Å². The largest absolute Gasteiger partial charge is 0.378 e. The van der Waals surface area contributed by atoms with Crippen molar-refractivity contribution < 1.29 is 14.0 Å². The van der Waals surface area contributed by atoms with E-state index in [1.165, 1.54) is 0 Å². The summed E-state index contributed by atoms with van der Waals surface area (Å²) >= 11 is 0. The second kappa shape index (κ2) is 6.67. The summed E-state index contributed by atoms with van der Waals surface area (Å²) in [6.07, 6.45) is 2.27. The lowest BCUT2D eigenvalue weighted by atomic mass is 9.98. The van der Waals surface area contributed by atoms with Crippen molar-refractivity contribution >= 4 is 0 Å². The molecule has 2 unspecified atom stereocenters. The molecule has 0 aliphatic carbocycles. The molecule has 24 heavy (non-hydrogen) atoms. The number of ether oxygens (including phenoxy) is 2. The predicted octanol–water partition coefficient (Wildman–Crippen LogP) is 3.11. The molecule has 5 nitrogen and oxygen atoms in total. The smallest absolute Gasteiger partial charge is 0.167 e. The number of benzene rings is 1. The highest BCUT2D eigenvalue weighted by molar-refractivity contribution is 5.56. The molecule has 0 saturated carbocycles. The summed E-state index contributed by atoms with van der Waals surface area (Å²) in [6, 6.07) is 12.1. The topological polar surface area (TPSA) is 47.7 Å². The summed E-state index contributed by atoms with van der Waals surface area (Å²) in [5.41, 5.74) is 1.90. The fourth-order valence-corrected chi connectivity index (χ4v) is 3.68. The quantitative estimate of drug-likeness (QED) is 0.863. The van der Waals surface area contributed by atoms with Crippen molar-refractivity contribution in [1.29, 1.82) is 0 Å². The third kappa shape index (κ3) is 3.24. The highest BCUT2D eigenvalue weighted by atomic mass is 16.6. The third-order valence-corrected chi connectivity index (χ3v) is 4.92. The molecule has 4 rings (SSSR count). The van der Waals surface area contributed by atoms with Gasteiger partial charge in [-0.15, -0.1) is 0 Å². The molecule has 0 radical (unpaired) electrons. The first-order chi connectivity index (χ1) is 11.8. The molecule has 1 aromatic carbocycles. The molecule has 3 heterocycles. The van der Waals surface area contributed by atoms with E-state index in [2.05, 4.69) is 17.0 Å². The van der Waals surface area contributed by atoms with Crippen molar-refractivity contribution in [1.82, 2.24) is 10.1 Å². The van der Waals surface area contributed by atoms with E-state index >= 15 is 0 Å². The van der Waals surface area contributed by atoms with Crippen molar-refractivity contribution in [3.63, 3.8) is 0 Å². The van der Waals surface area contributed by atoms with Gasteiger partial charge >= 0.3 is 0 Å². The highest BCUT2D eigenvalue weighted by Crippen LogP contribution is 2.32. The van der Waals surface area contributed by atoms with Gasteiger partial charge in [-0.3, -0.25) is 4.90 Å². The summed E-state index contributed by atoms with van der Waals surface area (Å²) in [4.78, 5) is 2.43. The van der Waals surface area contributed by atoms with Gasteiger partial charge in [0.2, 0.25) is 0 Å². The van der Waals surface area contributed by atoms with Crippen molar-refractivity contribution in [2.24, 2.45) is 0 Å². The molecular formula is C19H24N2O3. The van der Waals surface area contributed by atoms with Gasteiger partial charge < -0.3 is 14.0 Å². The van der Waals surface area contributed by atoms with E-state index in [0.29, 0.717) is 6.61 Å². The van der Waals surface area contributed by atoms with Crippen LogP contribution in [0.1, 0.15) is 25.5 Å². The lowest BCUT2D eigenvalue weighted by Gasteiger charge is -2.43. The van der Waals surface area contributed by atoms with Crippen LogP contribution in [-0.4, -0.2) is 48.1 Å². The van der Waals surface area contributed by atoms with Crippen LogP contribution < -0.4 is 0 Å². The van der Waals surface area contributed by atoms with Crippen LogP contribution in [0, 0.1) is 0 Å². The van der Waals surface area contributed by atoms with E-state index in [1.54, 1.807) is 0 Å². The van der Waals surface area contributed by atoms with Crippen LogP contribution in [0.15, 0.2) is 40.9 Å². The lowest BCUT2D eigenvalue weighted by Crippen LogP contribution is -2.55. The monoisotopic (exact) mass is 328 g/mol. The fourth-order valence-electron chi connectivity index (χ4n) is 3.68. The molecule has 0 amide bonds. The van der Waals surface area contributed by atoms with Crippen molar-refractivity contribution in [3.05, 3.63) is 42.1 Å². The molecule has 2 aliphatic heterocycles. The number of morpholine rings is 1. The van der Waals surface area contributed by atoms with Gasteiger partial charge in [0, 0.05) is 44.3 Å². The normalized spacial score (nSPS) is 27.8. The number of hydrogen-bond acceptors (Lipinski definition) is 5. The predicted molar refractivity (Wildman–Crippen MR) is 90.5 cm³/mol. The average Bonchev–Trinajstić information content (AvgIpc) is 3.25. The molecule has 2 aliphatic rings. The summed E-state index contributed by atoms with van der Waals surface area (Å²) in [5.74, 6) is 0.824. The van der Waals surface area contributed by atoms with Crippen LogP contribution in [0.5, 0.6) is 0 Å². The average molecular weight is 328 g/mol. The van der Waals surface area contributed by atoms with E-state index in [0.717, 1.165) is 56.1 Å². The Kier molecular flexibility index (Phi) is 4.39. The van der Waals surface area contributed by atoms with Gasteiger partial charge in [-0.25, -0.2) is 0 Å². The van der Waals surface area contributed by atoms with Gasteiger partial charge in [0.15, 0.2) is 5.76 Å². The van der Waals surface area contributed by atoms with Crippen LogP contribution in [-0.2, 0) is 16.0 Å². The minimum atomic E-state index is -0.134. The number of rotatable bonds is 4. The number of hydrogen-bond donors (Lipinski definition) is 0. The fraction of sp³-hybridized carbons (Fsp3) is 0.526. The standard InChI is InChI=1S/C19H24N2O3/c1-2-17-12-21(13-19(23-17)8-9-22-14-19)11-16-10-18(24-20-16)15-6-4-3-5-7-15/h3-7,10,17H,2,8-9,11-14H2,1H3. The Bertz CT molecular complexity index is 664. The van der Waals surface area contributed by atoms with Gasteiger partial charge in [0.25, 0.3) is 0 Å². The maximum absolute atomic E-state index is 6.32. The molecule has 5 heteroatoms. The molecular weight excluding hydrogens is 304 g/mol. The number of nitrogens with zero attached hydrogens (tertiary/aromatic N) is 2. The molecule has 2 fully saturated rings. The zero-order chi connectivity index (χ0) is 16.4. The summed E-state index contributed by atoms with van der Waals surface area (Å²) in [5, 5.41) is 4.26. The molecule has 0 N–H and O–H groups in total. The Balaban J connectivity index is 1.47. The minimum Gasteiger partial charge on any atom is -0.378 e. The Hall–Kier alpha value is -1.69. The highest BCUT2D eigenvalue weighted by Gasteiger charge is 2.43. The molecule has 0 bridgehead atoms. The molecule has 2 aromatic rings. The van der Waals surface area contributed by atoms with Gasteiger partial charge in [-0.2, -0.15) is 0 Å². The van der Waals surface area contributed by atoms with Crippen LogP contribution in [0.25, 0.3) is 11.3 Å². The minimum absolute atomic E-state index is 0.134. The van der Waals surface area contributed by atoms with E-state index in [1.807, 2.05) is 36.4 Å². The zero-order valence-corrected chi connectivity index (χ0v) is 14.1. The summed E-state index contributed by atoms with van der Waals surface area (Å²) in [6.45, 7) is 6.31.